The molecule has 16 heavy (non-hydrogen) atoms. The lowest BCUT2D eigenvalue weighted by molar-refractivity contribution is 0.398. The predicted octanol–water partition coefficient (Wildman–Crippen LogP) is 1.20. The molecule has 5 heteroatoms. The number of aromatic nitrogens is 2. The third-order valence-corrected chi connectivity index (χ3v) is 2.52. The second-order valence-corrected chi connectivity index (χ2v) is 3.41. The predicted molar refractivity (Wildman–Crippen MR) is 60.0 cm³/mol. The third-order valence-electron chi connectivity index (χ3n) is 2.52. The second-order valence-electron chi connectivity index (χ2n) is 3.41. The Balaban J connectivity index is 2.87. The Labute approximate surface area is 91.7 Å². The Morgan fingerprint density at radius 1 is 1.56 bits per heavy atom. The molecule has 0 aromatic carbocycles. The van der Waals surface area contributed by atoms with Gasteiger partial charge in [-0.15, -0.1) is 0 Å². The van der Waals surface area contributed by atoms with Gasteiger partial charge in [-0.2, -0.15) is 0 Å². The molecule has 2 N–H and O–H groups in total. The van der Waals surface area contributed by atoms with E-state index in [0.29, 0.717) is 23.4 Å². The van der Waals surface area contributed by atoms with Crippen LogP contribution in [0.5, 0.6) is 11.6 Å². The molecule has 0 aliphatic heterocycles. The van der Waals surface area contributed by atoms with E-state index in [1.54, 1.807) is 6.07 Å². The highest BCUT2D eigenvalue weighted by Gasteiger charge is 2.10. The topological polar surface area (TPSA) is 75.2 Å². The molecule has 0 aliphatic rings. The quantitative estimate of drug-likeness (QED) is 0.797. The molecule has 0 saturated heterocycles. The van der Waals surface area contributed by atoms with Crippen molar-refractivity contribution in [3.63, 3.8) is 0 Å². The zero-order chi connectivity index (χ0) is 11.7. The molecule has 84 valence electrons. The van der Waals surface area contributed by atoms with Gasteiger partial charge < -0.3 is 14.8 Å². The number of aryl methyl sites for hydroxylation is 1. The fourth-order valence-corrected chi connectivity index (χ4v) is 1.70. The molecule has 0 aliphatic carbocycles. The summed E-state index contributed by atoms with van der Waals surface area (Å²) in [5.41, 5.74) is 0.719. The van der Waals surface area contributed by atoms with Gasteiger partial charge in [0.25, 0.3) is 5.56 Å². The Kier molecular flexibility index (Phi) is 2.52. The zero-order valence-corrected chi connectivity index (χ0v) is 9.07. The van der Waals surface area contributed by atoms with Crippen LogP contribution in [0, 0.1) is 0 Å². The summed E-state index contributed by atoms with van der Waals surface area (Å²) >= 11 is 0. The molecule has 0 saturated carbocycles. The van der Waals surface area contributed by atoms with Crippen molar-refractivity contribution in [2.75, 3.05) is 7.11 Å². The smallest absolute Gasteiger partial charge is 0.290 e. The van der Waals surface area contributed by atoms with Crippen LogP contribution in [0.4, 0.5) is 0 Å². The minimum absolute atomic E-state index is 0.233. The average Bonchev–Trinajstić information content (AvgIpc) is 2.30. The molecule has 5 nitrogen and oxygen atoms in total. The summed E-state index contributed by atoms with van der Waals surface area (Å²) in [7, 11) is 1.52. The van der Waals surface area contributed by atoms with E-state index < -0.39 is 5.56 Å². The number of hydrogen-bond acceptors (Lipinski definition) is 4. The highest BCUT2D eigenvalue weighted by molar-refractivity contribution is 5.84. The number of methoxy groups -OCH3 is 1. The fraction of sp³-hybridized carbons (Fsp3) is 0.273. The number of fused-ring (bicyclic) bond motifs is 1. The summed E-state index contributed by atoms with van der Waals surface area (Å²) in [5, 5.41) is 10.4. The van der Waals surface area contributed by atoms with Gasteiger partial charge in [0.15, 0.2) is 5.75 Å². The van der Waals surface area contributed by atoms with Crippen LogP contribution in [0.25, 0.3) is 10.9 Å². The summed E-state index contributed by atoms with van der Waals surface area (Å²) in [4.78, 5) is 18.0. The minimum atomic E-state index is -0.490. The van der Waals surface area contributed by atoms with Crippen LogP contribution in [-0.4, -0.2) is 22.2 Å². The second kappa shape index (κ2) is 3.84. The van der Waals surface area contributed by atoms with Crippen molar-refractivity contribution < 1.29 is 9.84 Å². The van der Waals surface area contributed by atoms with Crippen LogP contribution >= 0.6 is 0 Å². The first-order chi connectivity index (χ1) is 7.67. The summed E-state index contributed by atoms with van der Waals surface area (Å²) in [6.45, 7) is 1.88. The lowest BCUT2D eigenvalue weighted by Crippen LogP contribution is -2.08. The minimum Gasteiger partial charge on any atom is -0.503 e. The number of aromatic amines is 1. The number of nitrogens with zero attached hydrogens (tertiary/aromatic N) is 1. The van der Waals surface area contributed by atoms with E-state index in [9.17, 15) is 9.90 Å². The van der Waals surface area contributed by atoms with Crippen molar-refractivity contribution in [3.8, 4) is 11.6 Å². The van der Waals surface area contributed by atoms with Crippen molar-refractivity contribution in [2.24, 2.45) is 0 Å². The monoisotopic (exact) mass is 220 g/mol. The molecular weight excluding hydrogens is 208 g/mol. The van der Waals surface area contributed by atoms with Crippen LogP contribution in [0.3, 0.4) is 0 Å². The molecule has 0 atom stereocenters. The average molecular weight is 220 g/mol. The highest BCUT2D eigenvalue weighted by Crippen LogP contribution is 2.24. The van der Waals surface area contributed by atoms with E-state index in [4.69, 9.17) is 4.74 Å². The van der Waals surface area contributed by atoms with Gasteiger partial charge in [0.1, 0.15) is 0 Å². The normalized spacial score (nSPS) is 10.6. The molecule has 0 radical (unpaired) electrons. The third kappa shape index (κ3) is 1.50. The number of nitrogens with one attached hydrogen (secondary N) is 1. The maximum atomic E-state index is 11.4. The molecule has 0 unspecified atom stereocenters. The lowest BCUT2D eigenvalue weighted by Gasteiger charge is -2.07. The molecule has 0 fully saturated rings. The van der Waals surface area contributed by atoms with Gasteiger partial charge in [-0.3, -0.25) is 4.79 Å². The number of rotatable bonds is 2. The fourth-order valence-electron chi connectivity index (χ4n) is 1.70. The maximum absolute atomic E-state index is 11.4. The zero-order valence-electron chi connectivity index (χ0n) is 9.07. The number of ether oxygens (including phenoxy) is 1. The number of hydrogen-bond donors (Lipinski definition) is 2. The molecule has 2 heterocycles. The van der Waals surface area contributed by atoms with E-state index >= 15 is 0 Å². The molecule has 0 amide bonds. The maximum Gasteiger partial charge on any atom is 0.290 e. The van der Waals surface area contributed by atoms with Crippen molar-refractivity contribution >= 4 is 10.9 Å². The summed E-state index contributed by atoms with van der Waals surface area (Å²) in [6.07, 6.45) is 2.09. The van der Waals surface area contributed by atoms with E-state index in [2.05, 4.69) is 9.97 Å². The van der Waals surface area contributed by atoms with Crippen molar-refractivity contribution in [3.05, 3.63) is 28.2 Å². The van der Waals surface area contributed by atoms with Crippen LogP contribution in [-0.2, 0) is 6.42 Å². The Hall–Kier alpha value is -2.04. The van der Waals surface area contributed by atoms with Gasteiger partial charge in [-0.05, 0) is 6.42 Å². The van der Waals surface area contributed by atoms with Gasteiger partial charge in [-0.25, -0.2) is 4.98 Å². The van der Waals surface area contributed by atoms with Gasteiger partial charge in [0.05, 0.1) is 18.8 Å². The first-order valence-corrected chi connectivity index (χ1v) is 4.95. The van der Waals surface area contributed by atoms with Crippen molar-refractivity contribution in [1.29, 1.82) is 0 Å². The molecule has 2 aromatic rings. The van der Waals surface area contributed by atoms with Crippen LogP contribution in [0.15, 0.2) is 17.1 Å². The Morgan fingerprint density at radius 2 is 2.31 bits per heavy atom. The van der Waals surface area contributed by atoms with Gasteiger partial charge in [0, 0.05) is 17.0 Å². The van der Waals surface area contributed by atoms with E-state index in [1.807, 2.05) is 6.92 Å². The SMILES string of the molecule is CCc1c(O)c(=O)[nH]c2cnc(OC)cc12. The highest BCUT2D eigenvalue weighted by atomic mass is 16.5. The first-order valence-electron chi connectivity index (χ1n) is 4.95. The molecule has 2 aromatic heterocycles. The molecule has 0 spiro atoms. The molecule has 0 bridgehead atoms. The van der Waals surface area contributed by atoms with E-state index in [0.717, 1.165) is 5.39 Å². The molecule has 2 rings (SSSR count). The summed E-state index contributed by atoms with van der Waals surface area (Å²) in [5.74, 6) is 0.219. The summed E-state index contributed by atoms with van der Waals surface area (Å²) in [6, 6.07) is 1.70. The standard InChI is InChI=1S/C11H12N2O3/c1-3-6-7-4-9(16-2)12-5-8(7)13-11(15)10(6)14/h4-5,14H,3H2,1-2H3,(H,13,15). The Bertz CT molecular complexity index is 590. The molecular formula is C11H12N2O3. The first kappa shape index (κ1) is 10.5. The lowest BCUT2D eigenvalue weighted by atomic mass is 10.1. The van der Waals surface area contributed by atoms with Gasteiger partial charge >= 0.3 is 0 Å². The largest absolute Gasteiger partial charge is 0.503 e. The van der Waals surface area contributed by atoms with Crippen LogP contribution < -0.4 is 10.3 Å². The van der Waals surface area contributed by atoms with Gasteiger partial charge in [0.2, 0.25) is 5.88 Å². The van der Waals surface area contributed by atoms with E-state index in [-0.39, 0.29) is 5.75 Å². The van der Waals surface area contributed by atoms with Gasteiger partial charge in [-0.1, -0.05) is 6.92 Å². The Morgan fingerprint density at radius 3 is 2.94 bits per heavy atom. The van der Waals surface area contributed by atoms with E-state index in [1.165, 1.54) is 13.3 Å². The van der Waals surface area contributed by atoms with Crippen LogP contribution in [0.1, 0.15) is 12.5 Å². The van der Waals surface area contributed by atoms with Crippen molar-refractivity contribution in [1.82, 2.24) is 9.97 Å². The van der Waals surface area contributed by atoms with Crippen molar-refractivity contribution in [2.45, 2.75) is 13.3 Å². The number of aromatic hydroxyl groups is 1. The number of pyridine rings is 2. The summed E-state index contributed by atoms with van der Waals surface area (Å²) < 4.78 is 5.01. The number of H-pyrrole nitrogens is 1. The van der Waals surface area contributed by atoms with Crippen LogP contribution in [0.2, 0.25) is 0 Å².